The van der Waals surface area contributed by atoms with Gasteiger partial charge in [-0.25, -0.2) is 4.57 Å². The first-order valence-electron chi connectivity index (χ1n) is 25.3. The lowest BCUT2D eigenvalue weighted by Gasteiger charge is -2.20. The number of esters is 1. The average molecular weight is 895 g/mol. The lowest BCUT2D eigenvalue weighted by atomic mass is 10.0. The predicted molar refractivity (Wildman–Crippen MR) is 260 cm³/mol. The summed E-state index contributed by atoms with van der Waals surface area (Å²) >= 11 is 0. The van der Waals surface area contributed by atoms with Crippen LogP contribution in [0.3, 0.4) is 0 Å². The first-order valence-corrected chi connectivity index (χ1v) is 26.8. The van der Waals surface area contributed by atoms with Gasteiger partial charge < -0.3 is 24.6 Å². The van der Waals surface area contributed by atoms with Gasteiger partial charge in [-0.15, -0.1) is 0 Å². The summed E-state index contributed by atoms with van der Waals surface area (Å²) in [5, 5.41) is 18.4. The molecule has 362 valence electrons. The Kier molecular flexibility index (Phi) is 47.2. The molecule has 0 rings (SSSR count). The van der Waals surface area contributed by atoms with Crippen molar-refractivity contribution in [3.63, 3.8) is 0 Å². The minimum absolute atomic E-state index is 0.0376. The van der Waals surface area contributed by atoms with Crippen LogP contribution in [-0.2, 0) is 27.9 Å². The van der Waals surface area contributed by atoms with Crippen molar-refractivity contribution in [2.24, 2.45) is 0 Å². The molecule has 3 unspecified atom stereocenters. The van der Waals surface area contributed by atoms with Crippen LogP contribution in [0.5, 0.6) is 0 Å². The van der Waals surface area contributed by atoms with Crippen molar-refractivity contribution < 1.29 is 43.0 Å². The summed E-state index contributed by atoms with van der Waals surface area (Å²) in [6.07, 6.45) is 57.6. The van der Waals surface area contributed by atoms with E-state index in [1.54, 1.807) is 0 Å². The second kappa shape index (κ2) is 48.6. The summed E-state index contributed by atoms with van der Waals surface area (Å²) < 4.78 is 33.5. The second-order valence-corrected chi connectivity index (χ2v) is 18.3. The van der Waals surface area contributed by atoms with Crippen LogP contribution < -0.4 is 0 Å². The van der Waals surface area contributed by atoms with Crippen molar-refractivity contribution in [1.29, 1.82) is 0 Å². The zero-order chi connectivity index (χ0) is 45.3. The molecular weight excluding hydrogens is 800 g/mol. The Morgan fingerprint density at radius 3 is 1.40 bits per heavy atom. The lowest BCUT2D eigenvalue weighted by Crippen LogP contribution is -2.29. The van der Waals surface area contributed by atoms with E-state index < -0.39 is 39.2 Å². The van der Waals surface area contributed by atoms with Gasteiger partial charge in [0, 0.05) is 13.0 Å². The number of ether oxygens (including phenoxy) is 2. The van der Waals surface area contributed by atoms with Crippen LogP contribution in [0.15, 0.2) is 60.8 Å². The molecule has 0 aromatic rings. The highest BCUT2D eigenvalue weighted by Crippen LogP contribution is 2.43. The summed E-state index contributed by atoms with van der Waals surface area (Å²) in [4.78, 5) is 22.7. The SMILES string of the molecule is CC/C=C\C/C=C\C/C=C\C/C=C\CCCCCCC(=O)OC(COCCCCCCCCCCCCCC/C=C\CCCCCCCCCC)COP(=O)(O)OCC(O)CO. The molecule has 0 aromatic heterocycles. The minimum Gasteiger partial charge on any atom is -0.457 e. The molecule has 0 bridgehead atoms. The fraction of sp³-hybridized carbons (Fsp3) is 0.788. The van der Waals surface area contributed by atoms with E-state index in [0.29, 0.717) is 13.0 Å². The minimum atomic E-state index is -4.53. The number of phosphoric ester groups is 1. The van der Waals surface area contributed by atoms with Crippen molar-refractivity contribution in [2.75, 3.05) is 33.0 Å². The highest BCUT2D eigenvalue weighted by Gasteiger charge is 2.26. The summed E-state index contributed by atoms with van der Waals surface area (Å²) in [6, 6.07) is 0. The standard InChI is InChI=1S/C52H95O9P/c1-3-5-7-9-11-13-15-17-19-21-22-23-24-25-26-27-29-31-33-35-37-39-41-43-45-58-48-51(49-60-62(56,57)59-47-50(54)46-53)61-52(55)44-42-40-38-36-34-32-30-28-20-18-16-14-12-10-8-6-4-2/h6,8,12,14,18,20-22,30,32,50-51,53-54H,3-5,7,9-11,13,15-17,19,23-29,31,33-49H2,1-2H3,(H,56,57)/b8-6-,14-12-,20-18-,22-21-,32-30-. The topological polar surface area (TPSA) is 132 Å². The van der Waals surface area contributed by atoms with Crippen LogP contribution in [0.4, 0.5) is 0 Å². The van der Waals surface area contributed by atoms with Gasteiger partial charge in [-0.1, -0.05) is 197 Å². The normalized spacial score (nSPS) is 14.3. The van der Waals surface area contributed by atoms with E-state index in [0.717, 1.165) is 70.6 Å². The first-order chi connectivity index (χ1) is 30.3. The van der Waals surface area contributed by atoms with E-state index in [1.165, 1.54) is 122 Å². The maximum atomic E-state index is 12.7. The van der Waals surface area contributed by atoms with Crippen LogP contribution in [0.2, 0.25) is 0 Å². The van der Waals surface area contributed by atoms with Crippen molar-refractivity contribution in [3.8, 4) is 0 Å². The van der Waals surface area contributed by atoms with Crippen LogP contribution in [-0.4, -0.2) is 66.3 Å². The van der Waals surface area contributed by atoms with E-state index in [-0.39, 0.29) is 19.6 Å². The molecular formula is C52H95O9P. The van der Waals surface area contributed by atoms with Crippen LogP contribution in [0.25, 0.3) is 0 Å². The number of hydrogen-bond acceptors (Lipinski definition) is 8. The molecule has 0 saturated heterocycles. The second-order valence-electron chi connectivity index (χ2n) is 16.8. The molecule has 62 heavy (non-hydrogen) atoms. The number of unbranched alkanes of at least 4 members (excludes halogenated alkanes) is 24. The van der Waals surface area contributed by atoms with Gasteiger partial charge in [0.05, 0.1) is 26.4 Å². The smallest absolute Gasteiger partial charge is 0.457 e. The van der Waals surface area contributed by atoms with Crippen LogP contribution in [0.1, 0.15) is 219 Å². The molecule has 0 aromatic carbocycles. The van der Waals surface area contributed by atoms with E-state index in [9.17, 15) is 19.4 Å². The number of carbonyl (C=O) groups excluding carboxylic acids is 1. The molecule has 0 radical (unpaired) electrons. The van der Waals surface area contributed by atoms with Crippen molar-refractivity contribution in [2.45, 2.75) is 232 Å². The van der Waals surface area contributed by atoms with Gasteiger partial charge in [-0.05, 0) is 77.0 Å². The lowest BCUT2D eigenvalue weighted by molar-refractivity contribution is -0.154. The largest absolute Gasteiger partial charge is 0.472 e. The molecule has 0 saturated carbocycles. The highest BCUT2D eigenvalue weighted by molar-refractivity contribution is 7.47. The maximum Gasteiger partial charge on any atom is 0.472 e. The molecule has 0 aliphatic carbocycles. The third-order valence-electron chi connectivity index (χ3n) is 10.7. The predicted octanol–water partition coefficient (Wildman–Crippen LogP) is 14.7. The number of aliphatic hydroxyl groups is 2. The van der Waals surface area contributed by atoms with Crippen molar-refractivity contribution >= 4 is 13.8 Å². The Labute approximate surface area is 380 Å². The Balaban J connectivity index is 4.08. The van der Waals surface area contributed by atoms with Crippen LogP contribution >= 0.6 is 7.82 Å². The number of rotatable bonds is 48. The third kappa shape index (κ3) is 47.6. The van der Waals surface area contributed by atoms with E-state index in [2.05, 4.69) is 74.6 Å². The molecule has 0 fully saturated rings. The number of aliphatic hydroxyl groups excluding tert-OH is 2. The Hall–Kier alpha value is -1.84. The summed E-state index contributed by atoms with van der Waals surface area (Å²) in [5.74, 6) is -0.405. The third-order valence-corrected chi connectivity index (χ3v) is 11.6. The van der Waals surface area contributed by atoms with Gasteiger partial charge in [0.2, 0.25) is 0 Å². The first kappa shape index (κ1) is 60.2. The zero-order valence-electron chi connectivity index (χ0n) is 39.8. The van der Waals surface area contributed by atoms with E-state index in [4.69, 9.17) is 23.6 Å². The van der Waals surface area contributed by atoms with E-state index in [1.807, 2.05) is 0 Å². The van der Waals surface area contributed by atoms with Gasteiger partial charge in [0.25, 0.3) is 0 Å². The van der Waals surface area contributed by atoms with Crippen molar-refractivity contribution in [3.05, 3.63) is 60.8 Å². The zero-order valence-corrected chi connectivity index (χ0v) is 40.7. The molecule has 0 spiro atoms. The Bertz CT molecular complexity index is 1150. The Morgan fingerprint density at radius 2 is 0.919 bits per heavy atom. The number of allylic oxidation sites excluding steroid dienone is 10. The van der Waals surface area contributed by atoms with Gasteiger partial charge in [0.15, 0.2) is 0 Å². The molecule has 0 aliphatic rings. The quantitative estimate of drug-likeness (QED) is 0.0236. The molecule has 0 amide bonds. The van der Waals surface area contributed by atoms with Gasteiger partial charge in [-0.3, -0.25) is 13.8 Å². The molecule has 0 aliphatic heterocycles. The Morgan fingerprint density at radius 1 is 0.516 bits per heavy atom. The van der Waals surface area contributed by atoms with Gasteiger partial charge in [0.1, 0.15) is 12.2 Å². The molecule has 9 nitrogen and oxygen atoms in total. The number of hydrogen-bond donors (Lipinski definition) is 3. The number of phosphoric acid groups is 1. The monoisotopic (exact) mass is 895 g/mol. The summed E-state index contributed by atoms with van der Waals surface area (Å²) in [5.41, 5.74) is 0. The van der Waals surface area contributed by atoms with Crippen LogP contribution in [0, 0.1) is 0 Å². The van der Waals surface area contributed by atoms with E-state index >= 15 is 0 Å². The van der Waals surface area contributed by atoms with Gasteiger partial charge in [-0.2, -0.15) is 0 Å². The molecule has 10 heteroatoms. The summed E-state index contributed by atoms with van der Waals surface area (Å²) in [7, 11) is -4.53. The number of carbonyl (C=O) groups is 1. The fourth-order valence-corrected chi connectivity index (χ4v) is 7.66. The maximum absolute atomic E-state index is 12.7. The molecule has 3 N–H and O–H groups in total. The molecule has 3 atom stereocenters. The fourth-order valence-electron chi connectivity index (χ4n) is 6.87. The average Bonchev–Trinajstić information content (AvgIpc) is 3.26. The molecule has 0 heterocycles. The highest BCUT2D eigenvalue weighted by atomic mass is 31.2. The van der Waals surface area contributed by atoms with Gasteiger partial charge >= 0.3 is 13.8 Å². The summed E-state index contributed by atoms with van der Waals surface area (Å²) in [6.45, 7) is 3.39. The van der Waals surface area contributed by atoms with Crippen molar-refractivity contribution in [1.82, 2.24) is 0 Å².